The van der Waals surface area contributed by atoms with Gasteiger partial charge in [0.25, 0.3) is 0 Å². The van der Waals surface area contributed by atoms with Crippen LogP contribution in [0.2, 0.25) is 0 Å². The van der Waals surface area contributed by atoms with Crippen molar-refractivity contribution in [2.45, 2.75) is 57.0 Å². The largest absolute Gasteiger partial charge is 0.330 e. The van der Waals surface area contributed by atoms with Crippen LogP contribution in [0.5, 0.6) is 0 Å². The van der Waals surface area contributed by atoms with E-state index in [1.54, 1.807) is 0 Å². The highest BCUT2D eigenvalue weighted by atomic mass is 15.2. The summed E-state index contributed by atoms with van der Waals surface area (Å²) in [7, 11) is 0. The first-order valence-corrected chi connectivity index (χ1v) is 6.86. The summed E-state index contributed by atoms with van der Waals surface area (Å²) in [6.07, 6.45) is 10.1. The third-order valence-electron chi connectivity index (χ3n) is 4.53. The zero-order valence-corrected chi connectivity index (χ0v) is 9.70. The Morgan fingerprint density at radius 3 is 2.40 bits per heavy atom. The second-order valence-corrected chi connectivity index (χ2v) is 5.79. The summed E-state index contributed by atoms with van der Waals surface area (Å²) in [5, 5.41) is 0. The van der Waals surface area contributed by atoms with Crippen molar-refractivity contribution in [3.63, 3.8) is 0 Å². The fourth-order valence-corrected chi connectivity index (χ4v) is 3.47. The Kier molecular flexibility index (Phi) is 2.73. The number of hydrogen-bond donors (Lipinski definition) is 1. The Labute approximate surface area is 93.2 Å². The molecule has 2 nitrogen and oxygen atoms in total. The Morgan fingerprint density at radius 1 is 1.00 bits per heavy atom. The molecule has 2 saturated carbocycles. The molecule has 15 heavy (non-hydrogen) atoms. The maximum atomic E-state index is 5.98. The average molecular weight is 208 g/mol. The van der Waals surface area contributed by atoms with E-state index in [9.17, 15) is 0 Å². The summed E-state index contributed by atoms with van der Waals surface area (Å²) in [5.41, 5.74) is 5.98. The van der Waals surface area contributed by atoms with Gasteiger partial charge in [-0.1, -0.05) is 6.42 Å². The van der Waals surface area contributed by atoms with Crippen molar-refractivity contribution in [3.05, 3.63) is 0 Å². The highest BCUT2D eigenvalue weighted by molar-refractivity contribution is 4.99. The fourth-order valence-electron chi connectivity index (χ4n) is 3.47. The molecule has 2 aliphatic carbocycles. The van der Waals surface area contributed by atoms with Crippen molar-refractivity contribution in [3.8, 4) is 0 Å². The van der Waals surface area contributed by atoms with Gasteiger partial charge < -0.3 is 5.73 Å². The summed E-state index contributed by atoms with van der Waals surface area (Å²) in [6, 6.07) is 1.81. The predicted molar refractivity (Wildman–Crippen MR) is 62.6 cm³/mol. The van der Waals surface area contributed by atoms with Crippen LogP contribution in [-0.2, 0) is 0 Å². The molecule has 1 heterocycles. The smallest absolute Gasteiger partial charge is 0.0167 e. The van der Waals surface area contributed by atoms with Gasteiger partial charge in [0, 0.05) is 12.1 Å². The van der Waals surface area contributed by atoms with Crippen molar-refractivity contribution in [2.24, 2.45) is 17.6 Å². The molecule has 1 saturated heterocycles. The summed E-state index contributed by atoms with van der Waals surface area (Å²) >= 11 is 0. The molecule has 2 N–H and O–H groups in total. The quantitative estimate of drug-likeness (QED) is 0.768. The number of rotatable bonds is 3. The third kappa shape index (κ3) is 2.07. The van der Waals surface area contributed by atoms with Crippen LogP contribution in [0.4, 0.5) is 0 Å². The van der Waals surface area contributed by atoms with Gasteiger partial charge in [0.15, 0.2) is 0 Å². The normalized spacial score (nSPS) is 39.0. The minimum Gasteiger partial charge on any atom is -0.330 e. The van der Waals surface area contributed by atoms with E-state index in [0.29, 0.717) is 0 Å². The van der Waals surface area contributed by atoms with Gasteiger partial charge in [-0.2, -0.15) is 0 Å². The number of hydrogen-bond acceptors (Lipinski definition) is 2. The van der Waals surface area contributed by atoms with Crippen molar-refractivity contribution in [1.82, 2.24) is 4.90 Å². The molecule has 0 amide bonds. The molecule has 1 aliphatic heterocycles. The lowest BCUT2D eigenvalue weighted by atomic mass is 9.91. The molecule has 0 aromatic carbocycles. The molecule has 0 radical (unpaired) electrons. The van der Waals surface area contributed by atoms with Gasteiger partial charge in [0.2, 0.25) is 0 Å². The number of nitrogens with zero attached hydrogens (tertiary/aromatic N) is 1. The summed E-state index contributed by atoms with van der Waals surface area (Å²) in [6.45, 7) is 2.28. The van der Waals surface area contributed by atoms with Crippen LogP contribution in [0.1, 0.15) is 44.9 Å². The average Bonchev–Trinajstić information content (AvgIpc) is 3.07. The molecular weight excluding hydrogens is 184 g/mol. The summed E-state index contributed by atoms with van der Waals surface area (Å²) in [5.74, 6) is 1.82. The van der Waals surface area contributed by atoms with Gasteiger partial charge in [-0.25, -0.2) is 0 Å². The molecule has 0 bridgehead atoms. The van der Waals surface area contributed by atoms with E-state index in [1.807, 2.05) is 0 Å². The van der Waals surface area contributed by atoms with Gasteiger partial charge in [-0.15, -0.1) is 0 Å². The Balaban J connectivity index is 1.76. The van der Waals surface area contributed by atoms with Crippen LogP contribution in [0.3, 0.4) is 0 Å². The standard InChI is InChI=1S/C13H24N2/c14-9-11-3-1-2-8-15(12-6-7-12)13(11)10-4-5-10/h10-13H,1-9,14H2/t11-,13-/m1/s1. The van der Waals surface area contributed by atoms with Crippen LogP contribution in [-0.4, -0.2) is 30.1 Å². The SMILES string of the molecule is NC[C@H]1CCCCN(C2CC2)[C@@H]1C1CC1. The van der Waals surface area contributed by atoms with Crippen molar-refractivity contribution in [1.29, 1.82) is 0 Å². The van der Waals surface area contributed by atoms with Crippen molar-refractivity contribution < 1.29 is 0 Å². The minimum atomic E-state index is 0.806. The van der Waals surface area contributed by atoms with Gasteiger partial charge in [0.05, 0.1) is 0 Å². The monoisotopic (exact) mass is 208 g/mol. The zero-order chi connectivity index (χ0) is 10.3. The van der Waals surface area contributed by atoms with Gasteiger partial charge >= 0.3 is 0 Å². The molecule has 0 spiro atoms. The van der Waals surface area contributed by atoms with Crippen LogP contribution in [0, 0.1) is 11.8 Å². The van der Waals surface area contributed by atoms with Crippen molar-refractivity contribution in [2.75, 3.05) is 13.1 Å². The maximum absolute atomic E-state index is 5.98. The fraction of sp³-hybridized carbons (Fsp3) is 1.00. The lowest BCUT2D eigenvalue weighted by Crippen LogP contribution is -2.45. The van der Waals surface area contributed by atoms with E-state index in [0.717, 1.165) is 30.5 Å². The molecule has 0 aromatic rings. The van der Waals surface area contributed by atoms with E-state index in [1.165, 1.54) is 51.5 Å². The minimum absolute atomic E-state index is 0.806. The van der Waals surface area contributed by atoms with Crippen LogP contribution in [0.15, 0.2) is 0 Å². The molecule has 0 unspecified atom stereocenters. The van der Waals surface area contributed by atoms with Crippen LogP contribution < -0.4 is 5.73 Å². The van der Waals surface area contributed by atoms with Crippen LogP contribution >= 0.6 is 0 Å². The van der Waals surface area contributed by atoms with E-state index in [2.05, 4.69) is 4.90 Å². The lowest BCUT2D eigenvalue weighted by molar-refractivity contribution is 0.129. The van der Waals surface area contributed by atoms with Gasteiger partial charge in [-0.3, -0.25) is 4.90 Å². The summed E-state index contributed by atoms with van der Waals surface area (Å²) in [4.78, 5) is 2.85. The highest BCUT2D eigenvalue weighted by Gasteiger charge is 2.44. The Hall–Kier alpha value is -0.0800. The van der Waals surface area contributed by atoms with Crippen molar-refractivity contribution >= 4 is 0 Å². The molecule has 3 aliphatic rings. The lowest BCUT2D eigenvalue weighted by Gasteiger charge is -2.35. The first-order valence-electron chi connectivity index (χ1n) is 6.86. The Bertz CT molecular complexity index is 221. The molecule has 2 atom stereocenters. The first-order chi connectivity index (χ1) is 7.40. The maximum Gasteiger partial charge on any atom is 0.0167 e. The zero-order valence-electron chi connectivity index (χ0n) is 9.70. The van der Waals surface area contributed by atoms with Gasteiger partial charge in [0.1, 0.15) is 0 Å². The number of nitrogens with two attached hydrogens (primary N) is 1. The predicted octanol–water partition coefficient (Wildman–Crippen LogP) is 1.99. The van der Waals surface area contributed by atoms with Crippen LogP contribution in [0.25, 0.3) is 0 Å². The number of likely N-dealkylation sites (tertiary alicyclic amines) is 1. The highest BCUT2D eigenvalue weighted by Crippen LogP contribution is 2.44. The molecule has 86 valence electrons. The Morgan fingerprint density at radius 2 is 1.80 bits per heavy atom. The third-order valence-corrected chi connectivity index (χ3v) is 4.53. The second kappa shape index (κ2) is 4.06. The first kappa shape index (κ1) is 10.1. The van der Waals surface area contributed by atoms with E-state index in [4.69, 9.17) is 5.73 Å². The molecular formula is C13H24N2. The molecule has 0 aromatic heterocycles. The van der Waals surface area contributed by atoms with Gasteiger partial charge in [-0.05, 0) is 63.5 Å². The molecule has 3 rings (SSSR count). The molecule has 3 fully saturated rings. The summed E-state index contributed by atoms with van der Waals surface area (Å²) < 4.78 is 0. The second-order valence-electron chi connectivity index (χ2n) is 5.79. The van der Waals surface area contributed by atoms with E-state index in [-0.39, 0.29) is 0 Å². The van der Waals surface area contributed by atoms with E-state index < -0.39 is 0 Å². The topological polar surface area (TPSA) is 29.3 Å². The van der Waals surface area contributed by atoms with E-state index >= 15 is 0 Å². The molecule has 2 heteroatoms.